The van der Waals surface area contributed by atoms with E-state index in [0.29, 0.717) is 17.9 Å². The quantitative estimate of drug-likeness (QED) is 0.270. The second-order valence-corrected chi connectivity index (χ2v) is 11.0. The van der Waals surface area contributed by atoms with E-state index in [9.17, 15) is 0 Å². The molecule has 33 heavy (non-hydrogen) atoms. The van der Waals surface area contributed by atoms with Crippen molar-refractivity contribution in [1.82, 2.24) is 5.32 Å². The molecule has 0 saturated heterocycles. The first kappa shape index (κ1) is 26.1. The van der Waals surface area contributed by atoms with Gasteiger partial charge in [0.05, 0.1) is 13.2 Å². The number of allylic oxidation sites excluding steroid dienone is 3. The van der Waals surface area contributed by atoms with Crippen LogP contribution in [-0.4, -0.2) is 19.3 Å². The van der Waals surface area contributed by atoms with E-state index in [1.54, 1.807) is 11.1 Å². The number of hydrogen-bond donors (Lipinski definition) is 1. The van der Waals surface area contributed by atoms with E-state index in [1.165, 1.54) is 85.7 Å². The fourth-order valence-electron chi connectivity index (χ4n) is 5.78. The van der Waals surface area contributed by atoms with E-state index in [-0.39, 0.29) is 0 Å². The minimum atomic E-state index is 0.582. The lowest BCUT2D eigenvalue weighted by atomic mass is 9.80. The van der Waals surface area contributed by atoms with Crippen LogP contribution in [0, 0.1) is 12.8 Å². The Bertz CT molecular complexity index is 832. The number of unbranched alkanes of at least 4 members (excludes halogenated alkanes) is 2. The van der Waals surface area contributed by atoms with Crippen molar-refractivity contribution in [3.8, 4) is 0 Å². The molecule has 0 bridgehead atoms. The van der Waals surface area contributed by atoms with Gasteiger partial charge in [-0.1, -0.05) is 57.4 Å². The number of aryl methyl sites for hydroxylation is 2. The topological polar surface area (TPSA) is 21.3 Å². The highest BCUT2D eigenvalue weighted by Gasteiger charge is 2.21. The summed E-state index contributed by atoms with van der Waals surface area (Å²) in [4.78, 5) is 0. The van der Waals surface area contributed by atoms with Gasteiger partial charge in [0.15, 0.2) is 0 Å². The molecule has 0 fully saturated rings. The van der Waals surface area contributed by atoms with Crippen molar-refractivity contribution in [3.05, 3.63) is 57.3 Å². The van der Waals surface area contributed by atoms with E-state index in [0.717, 1.165) is 19.6 Å². The molecule has 1 aliphatic heterocycles. The maximum atomic E-state index is 6.27. The first-order valence-corrected chi connectivity index (χ1v) is 13.7. The Kier molecular flexibility index (Phi) is 10.1. The minimum Gasteiger partial charge on any atom is -0.386 e. The fraction of sp³-hybridized carbons (Fsp3) is 0.677. The minimum absolute atomic E-state index is 0.582. The molecule has 0 aromatic heterocycles. The van der Waals surface area contributed by atoms with Crippen LogP contribution in [0.15, 0.2) is 35.1 Å². The molecule has 2 heteroatoms. The lowest BCUT2D eigenvalue weighted by molar-refractivity contribution is 0.153. The lowest BCUT2D eigenvalue weighted by Crippen LogP contribution is -2.36. The second-order valence-electron chi connectivity index (χ2n) is 11.0. The van der Waals surface area contributed by atoms with Crippen molar-refractivity contribution in [2.45, 2.75) is 118 Å². The van der Waals surface area contributed by atoms with Crippen LogP contribution in [0.5, 0.6) is 0 Å². The monoisotopic (exact) mass is 451 g/mol. The number of hydrogen-bond acceptors (Lipinski definition) is 2. The predicted molar refractivity (Wildman–Crippen MR) is 143 cm³/mol. The maximum absolute atomic E-state index is 6.27. The average molecular weight is 452 g/mol. The normalized spacial score (nSPS) is 21.4. The molecule has 1 aromatic rings. The molecule has 1 aromatic carbocycles. The summed E-state index contributed by atoms with van der Waals surface area (Å²) < 4.78 is 6.27. The summed E-state index contributed by atoms with van der Waals surface area (Å²) in [6.45, 7) is 15.4. The third-order valence-corrected chi connectivity index (χ3v) is 7.83. The molecule has 2 atom stereocenters. The summed E-state index contributed by atoms with van der Waals surface area (Å²) in [5.41, 5.74) is 10.5. The van der Waals surface area contributed by atoms with Crippen molar-refractivity contribution in [2.24, 2.45) is 5.92 Å². The highest BCUT2D eigenvalue weighted by molar-refractivity contribution is 5.44. The van der Waals surface area contributed by atoms with E-state index < -0.39 is 0 Å². The van der Waals surface area contributed by atoms with Crippen molar-refractivity contribution < 1.29 is 4.74 Å². The van der Waals surface area contributed by atoms with Gasteiger partial charge in [0.1, 0.15) is 0 Å². The zero-order valence-corrected chi connectivity index (χ0v) is 22.4. The number of rotatable bonds is 11. The Labute approximate surface area is 204 Å². The highest BCUT2D eigenvalue weighted by atomic mass is 16.5. The van der Waals surface area contributed by atoms with Crippen LogP contribution >= 0.6 is 0 Å². The van der Waals surface area contributed by atoms with Crippen LogP contribution in [0.4, 0.5) is 0 Å². The molecule has 0 radical (unpaired) electrons. The first-order chi connectivity index (χ1) is 15.9. The van der Waals surface area contributed by atoms with Gasteiger partial charge in [0.25, 0.3) is 0 Å². The van der Waals surface area contributed by atoms with E-state index in [4.69, 9.17) is 4.74 Å². The van der Waals surface area contributed by atoms with Gasteiger partial charge >= 0.3 is 0 Å². The van der Waals surface area contributed by atoms with E-state index >= 15 is 0 Å². The maximum Gasteiger partial charge on any atom is 0.0696 e. The summed E-state index contributed by atoms with van der Waals surface area (Å²) in [7, 11) is 0. The van der Waals surface area contributed by atoms with Gasteiger partial charge in [-0.3, -0.25) is 0 Å². The highest BCUT2D eigenvalue weighted by Crippen LogP contribution is 2.36. The molecule has 2 nitrogen and oxygen atoms in total. The standard InChI is InChI=1S/C31H49NO/c1-7-8-9-12-26-19-24(5)31(27-13-10-11-23(4)18-27)28(20-26)16-17-33-21-29-14-15-30(22(2)3)32-25(29)6/h18-20,22,27,30,32H,7-17,21H2,1-6H3. The molecule has 2 unspecified atom stereocenters. The van der Waals surface area contributed by atoms with Gasteiger partial charge in [-0.25, -0.2) is 0 Å². The zero-order valence-electron chi connectivity index (χ0n) is 22.4. The average Bonchev–Trinajstić information content (AvgIpc) is 2.77. The van der Waals surface area contributed by atoms with Gasteiger partial charge in [0.2, 0.25) is 0 Å². The molecule has 1 N–H and O–H groups in total. The molecule has 0 amide bonds. The number of benzene rings is 1. The van der Waals surface area contributed by atoms with Crippen LogP contribution in [0.1, 0.15) is 114 Å². The summed E-state index contributed by atoms with van der Waals surface area (Å²) >= 11 is 0. The van der Waals surface area contributed by atoms with Crippen molar-refractivity contribution in [3.63, 3.8) is 0 Å². The van der Waals surface area contributed by atoms with Crippen LogP contribution in [0.2, 0.25) is 0 Å². The third-order valence-electron chi connectivity index (χ3n) is 7.83. The molecular weight excluding hydrogens is 402 g/mol. The molecule has 3 rings (SSSR count). The second kappa shape index (κ2) is 12.8. The van der Waals surface area contributed by atoms with Gasteiger partial charge in [0, 0.05) is 17.7 Å². The van der Waals surface area contributed by atoms with Gasteiger partial charge in [-0.05, 0) is 106 Å². The van der Waals surface area contributed by atoms with Gasteiger partial charge in [-0.15, -0.1) is 0 Å². The van der Waals surface area contributed by atoms with Crippen molar-refractivity contribution >= 4 is 0 Å². The van der Waals surface area contributed by atoms with E-state index in [2.05, 4.69) is 65.1 Å². The number of nitrogens with one attached hydrogen (secondary N) is 1. The predicted octanol–water partition coefficient (Wildman–Crippen LogP) is 8.18. The molecule has 0 saturated carbocycles. The van der Waals surface area contributed by atoms with Crippen LogP contribution in [-0.2, 0) is 17.6 Å². The fourth-order valence-corrected chi connectivity index (χ4v) is 5.78. The van der Waals surface area contributed by atoms with Crippen molar-refractivity contribution in [2.75, 3.05) is 13.2 Å². The lowest BCUT2D eigenvalue weighted by Gasteiger charge is -2.30. The summed E-state index contributed by atoms with van der Waals surface area (Å²) in [6, 6.07) is 5.60. The Morgan fingerprint density at radius 1 is 1.03 bits per heavy atom. The third kappa shape index (κ3) is 7.47. The van der Waals surface area contributed by atoms with Crippen LogP contribution < -0.4 is 5.32 Å². The largest absolute Gasteiger partial charge is 0.386 e. The Hall–Kier alpha value is -1.54. The molecule has 0 spiro atoms. The van der Waals surface area contributed by atoms with Crippen LogP contribution in [0.25, 0.3) is 0 Å². The Morgan fingerprint density at radius 3 is 2.55 bits per heavy atom. The van der Waals surface area contributed by atoms with Gasteiger partial charge < -0.3 is 10.1 Å². The molecule has 2 aliphatic rings. The SMILES string of the molecule is CCCCCc1cc(C)c(C2C=C(C)CCC2)c(CCOCC2=C(C)NC(C(C)C)CC2)c1. The number of ether oxygens (including phenoxy) is 1. The molecular formula is C31H49NO. The van der Waals surface area contributed by atoms with Gasteiger partial charge in [-0.2, -0.15) is 0 Å². The Morgan fingerprint density at radius 2 is 1.85 bits per heavy atom. The van der Waals surface area contributed by atoms with E-state index in [1.807, 2.05) is 0 Å². The molecule has 1 aliphatic carbocycles. The van der Waals surface area contributed by atoms with Crippen molar-refractivity contribution in [1.29, 1.82) is 0 Å². The summed E-state index contributed by atoms with van der Waals surface area (Å²) in [5, 5.41) is 3.71. The summed E-state index contributed by atoms with van der Waals surface area (Å²) in [5.74, 6) is 1.27. The molecule has 1 heterocycles. The zero-order chi connectivity index (χ0) is 23.8. The smallest absolute Gasteiger partial charge is 0.0696 e. The summed E-state index contributed by atoms with van der Waals surface area (Å²) in [6.07, 6.45) is 14.9. The first-order valence-electron chi connectivity index (χ1n) is 13.7. The van der Waals surface area contributed by atoms with Crippen LogP contribution in [0.3, 0.4) is 0 Å². The molecule has 184 valence electrons. The Balaban J connectivity index is 1.68.